The van der Waals surface area contributed by atoms with Gasteiger partial charge in [-0.2, -0.15) is 0 Å². The van der Waals surface area contributed by atoms with E-state index < -0.39 is 31.5 Å². The maximum atomic E-state index is 14.8. The normalized spacial score (nSPS) is 26.8. The molecule has 4 aliphatic rings. The Hall–Kier alpha value is -3.39. The first kappa shape index (κ1) is 34.1. The van der Waals surface area contributed by atoms with Crippen LogP contribution in [0.5, 0.6) is 0 Å². The number of nitrogens with one attached hydrogen (secondary N) is 1. The zero-order chi connectivity index (χ0) is 34.7. The number of aliphatic hydroxyl groups excluding tert-OH is 1. The lowest BCUT2D eigenvalue weighted by Crippen LogP contribution is -2.48. The van der Waals surface area contributed by atoms with E-state index >= 15 is 0 Å². The summed E-state index contributed by atoms with van der Waals surface area (Å²) in [7, 11) is -3.00. The molecule has 3 N–H and O–H groups in total. The number of aliphatic hydroxyl groups is 1. The van der Waals surface area contributed by atoms with E-state index in [4.69, 9.17) is 4.74 Å². The third kappa shape index (κ3) is 5.96. The minimum atomic E-state index is -3.00. The van der Waals surface area contributed by atoms with Crippen molar-refractivity contribution in [1.82, 2.24) is 10.2 Å². The van der Waals surface area contributed by atoms with Crippen LogP contribution in [0.25, 0.3) is 0 Å². The Bertz CT molecular complexity index is 1780. The van der Waals surface area contributed by atoms with Crippen LogP contribution in [0.1, 0.15) is 35.6 Å². The first-order valence-corrected chi connectivity index (χ1v) is 20.8. The Morgan fingerprint density at radius 2 is 1.82 bits per heavy atom. The molecule has 0 bridgehead atoms. The highest BCUT2D eigenvalue weighted by Gasteiger charge is 2.66. The van der Waals surface area contributed by atoms with Crippen LogP contribution in [0, 0.1) is 5.92 Å². The number of ether oxygens (including phenoxy) is 1. The van der Waals surface area contributed by atoms with Crippen LogP contribution in [-0.4, -0.2) is 79.2 Å². The lowest BCUT2D eigenvalue weighted by Gasteiger charge is -2.37. The second kappa shape index (κ2) is 13.1. The van der Waals surface area contributed by atoms with Gasteiger partial charge in [0.15, 0.2) is 13.9 Å². The number of rotatable bonds is 7. The molecule has 0 aliphatic carbocycles. The van der Waals surface area contributed by atoms with E-state index in [1.165, 1.54) is 0 Å². The highest BCUT2D eigenvalue weighted by Crippen LogP contribution is 2.60. The number of hydrogen-bond acceptors (Lipinski definition) is 7. The van der Waals surface area contributed by atoms with Crippen molar-refractivity contribution in [2.75, 3.05) is 36.0 Å². The minimum absolute atomic E-state index is 0.00473. The standard InChI is InChI=1S/C37H43BrN4O6Si/c1-23-35(49(2,3)47)32(18-33(44)41-21-26-7-5-4-6-25(26)16-29(41)22-43)48-37(23)30-17-27(38)10-13-31(30)42(36(37)46)20-24-8-11-28(12-9-24)40-15-14-39-19-34(40)45/h4-13,17,23,29,32,35,39,43,47H,14-16,18-22H2,1-3H3/t23-,29-,32+,35-,37+/m0/s1. The molecule has 2 fully saturated rings. The smallest absolute Gasteiger partial charge is 0.264 e. The first-order chi connectivity index (χ1) is 23.4. The topological polar surface area (TPSA) is 123 Å². The summed E-state index contributed by atoms with van der Waals surface area (Å²) in [6.45, 7) is 7.85. The number of anilines is 2. The van der Waals surface area contributed by atoms with Crippen LogP contribution in [0.4, 0.5) is 11.4 Å². The van der Waals surface area contributed by atoms with Gasteiger partial charge in [-0.05, 0) is 66.5 Å². The van der Waals surface area contributed by atoms with Crippen LogP contribution in [0.2, 0.25) is 18.6 Å². The number of hydrogen-bond donors (Lipinski definition) is 3. The van der Waals surface area contributed by atoms with Crippen molar-refractivity contribution >= 4 is 53.3 Å². The van der Waals surface area contributed by atoms with Gasteiger partial charge in [-0.15, -0.1) is 0 Å². The summed E-state index contributed by atoms with van der Waals surface area (Å²) in [5.74, 6) is -0.768. The highest BCUT2D eigenvalue weighted by atomic mass is 79.9. The number of fused-ring (bicyclic) bond motifs is 3. The van der Waals surface area contributed by atoms with E-state index in [2.05, 4.69) is 21.2 Å². The van der Waals surface area contributed by atoms with Gasteiger partial charge in [0.05, 0.1) is 44.0 Å². The van der Waals surface area contributed by atoms with E-state index in [9.17, 15) is 24.3 Å². The number of benzene rings is 3. The van der Waals surface area contributed by atoms with E-state index in [-0.39, 0.29) is 36.8 Å². The van der Waals surface area contributed by atoms with Gasteiger partial charge in [-0.1, -0.05) is 59.3 Å². The molecule has 3 aromatic rings. The lowest BCUT2D eigenvalue weighted by atomic mass is 9.82. The summed E-state index contributed by atoms with van der Waals surface area (Å²) in [6.07, 6.45) is -0.137. The van der Waals surface area contributed by atoms with Crippen molar-refractivity contribution in [2.45, 2.75) is 69.2 Å². The average Bonchev–Trinajstić information content (AvgIpc) is 3.50. The van der Waals surface area contributed by atoms with Crippen molar-refractivity contribution in [3.8, 4) is 0 Å². The average molecular weight is 748 g/mol. The Kier molecular flexibility index (Phi) is 9.08. The number of nitrogens with zero attached hydrogens (tertiary/aromatic N) is 3. The molecule has 7 rings (SSSR count). The molecule has 12 heteroatoms. The van der Waals surface area contributed by atoms with Gasteiger partial charge < -0.3 is 34.7 Å². The van der Waals surface area contributed by atoms with Crippen molar-refractivity contribution in [3.63, 3.8) is 0 Å². The van der Waals surface area contributed by atoms with Crippen LogP contribution in [-0.2, 0) is 44.2 Å². The Morgan fingerprint density at radius 1 is 1.08 bits per heavy atom. The molecule has 49 heavy (non-hydrogen) atoms. The van der Waals surface area contributed by atoms with Gasteiger partial charge in [0.25, 0.3) is 5.91 Å². The van der Waals surface area contributed by atoms with Crippen LogP contribution in [0.15, 0.2) is 71.2 Å². The summed E-state index contributed by atoms with van der Waals surface area (Å²) in [4.78, 5) is 58.4. The number of halogens is 1. The summed E-state index contributed by atoms with van der Waals surface area (Å²) < 4.78 is 7.74. The molecule has 0 aromatic heterocycles. The predicted octanol–water partition coefficient (Wildman–Crippen LogP) is 4.07. The lowest BCUT2D eigenvalue weighted by molar-refractivity contribution is -0.151. The Morgan fingerprint density at radius 3 is 2.51 bits per heavy atom. The summed E-state index contributed by atoms with van der Waals surface area (Å²) in [5, 5.41) is 13.4. The molecule has 0 radical (unpaired) electrons. The van der Waals surface area contributed by atoms with Crippen molar-refractivity contribution in [1.29, 1.82) is 0 Å². The van der Waals surface area contributed by atoms with Crippen LogP contribution in [0.3, 0.4) is 0 Å². The van der Waals surface area contributed by atoms with Crippen molar-refractivity contribution in [2.24, 2.45) is 5.92 Å². The molecule has 3 amide bonds. The molecule has 0 unspecified atom stereocenters. The Balaban J connectivity index is 1.19. The second-order valence-electron chi connectivity index (χ2n) is 14.3. The van der Waals surface area contributed by atoms with Crippen molar-refractivity contribution in [3.05, 3.63) is 93.5 Å². The van der Waals surface area contributed by atoms with E-state index in [1.807, 2.05) is 86.7 Å². The van der Waals surface area contributed by atoms with Crippen LogP contribution < -0.4 is 15.1 Å². The predicted molar refractivity (Wildman–Crippen MR) is 192 cm³/mol. The van der Waals surface area contributed by atoms with E-state index in [0.717, 1.165) is 44.6 Å². The van der Waals surface area contributed by atoms with Crippen LogP contribution >= 0.6 is 15.9 Å². The first-order valence-electron chi connectivity index (χ1n) is 17.0. The van der Waals surface area contributed by atoms with E-state index in [1.54, 1.807) is 14.7 Å². The van der Waals surface area contributed by atoms with Gasteiger partial charge in [-0.3, -0.25) is 14.4 Å². The molecule has 3 aromatic carbocycles. The Labute approximate surface area is 296 Å². The second-order valence-corrected chi connectivity index (χ2v) is 19.2. The van der Waals surface area contributed by atoms with Gasteiger partial charge in [0, 0.05) is 46.8 Å². The fourth-order valence-electron chi connectivity index (χ4n) is 8.58. The quantitative estimate of drug-likeness (QED) is 0.312. The molecule has 5 atom stereocenters. The zero-order valence-corrected chi connectivity index (χ0v) is 30.7. The molecular weight excluding hydrogens is 704 g/mol. The van der Waals surface area contributed by atoms with Crippen molar-refractivity contribution < 1.29 is 29.0 Å². The van der Waals surface area contributed by atoms with E-state index in [0.29, 0.717) is 32.6 Å². The highest BCUT2D eigenvalue weighted by molar-refractivity contribution is 9.10. The number of carbonyl (C=O) groups is 3. The SMILES string of the molecule is C[C@H]1[C@H]([Si](C)(C)O)[C@@H](CC(=O)N2Cc3ccccc3C[C@H]2CO)O[C@]12C(=O)N(Cc1ccc(N3CCNCC3=O)cc1)c1ccc(Br)cc12. The number of carbonyl (C=O) groups excluding carboxylic acids is 3. The summed E-state index contributed by atoms with van der Waals surface area (Å²) >= 11 is 3.62. The molecule has 4 aliphatic heterocycles. The summed E-state index contributed by atoms with van der Waals surface area (Å²) in [5.41, 5.74) is 3.56. The van der Waals surface area contributed by atoms with Gasteiger partial charge >= 0.3 is 0 Å². The minimum Gasteiger partial charge on any atom is -0.432 e. The fraction of sp³-hybridized carbons (Fsp3) is 0.432. The maximum absolute atomic E-state index is 14.8. The fourth-order valence-corrected chi connectivity index (χ4v) is 11.5. The number of amides is 3. The molecule has 10 nitrogen and oxygen atoms in total. The van der Waals surface area contributed by atoms with Gasteiger partial charge in [0.1, 0.15) is 0 Å². The number of piperazine rings is 1. The molecular formula is C37H43BrN4O6Si. The van der Waals surface area contributed by atoms with Gasteiger partial charge in [-0.25, -0.2) is 0 Å². The third-order valence-electron chi connectivity index (χ3n) is 10.9. The maximum Gasteiger partial charge on any atom is 0.264 e. The molecule has 4 heterocycles. The molecule has 2 saturated heterocycles. The van der Waals surface area contributed by atoms with Gasteiger partial charge in [0.2, 0.25) is 11.8 Å². The third-order valence-corrected chi connectivity index (χ3v) is 13.9. The molecule has 1 spiro atoms. The molecule has 258 valence electrons. The largest absolute Gasteiger partial charge is 0.432 e. The summed E-state index contributed by atoms with van der Waals surface area (Å²) in [6, 6.07) is 21.1. The zero-order valence-electron chi connectivity index (χ0n) is 28.1. The monoisotopic (exact) mass is 746 g/mol. The molecule has 0 saturated carbocycles.